The SMILES string of the molecule is C=CCCOC(=O)C1COC(=O)O1. The van der Waals surface area contributed by atoms with E-state index in [0.29, 0.717) is 6.42 Å². The number of ether oxygens (including phenoxy) is 3. The van der Waals surface area contributed by atoms with Crippen molar-refractivity contribution < 1.29 is 23.8 Å². The minimum Gasteiger partial charge on any atom is -0.463 e. The summed E-state index contributed by atoms with van der Waals surface area (Å²) in [5.74, 6) is -0.576. The lowest BCUT2D eigenvalue weighted by Gasteiger charge is -2.05. The monoisotopic (exact) mass is 186 g/mol. The third kappa shape index (κ3) is 2.77. The number of carbonyl (C=O) groups excluding carboxylic acids is 2. The summed E-state index contributed by atoms with van der Waals surface area (Å²) in [7, 11) is 0. The van der Waals surface area contributed by atoms with E-state index in [1.165, 1.54) is 0 Å². The van der Waals surface area contributed by atoms with Crippen LogP contribution in [0.2, 0.25) is 0 Å². The minimum absolute atomic E-state index is 0.0637. The van der Waals surface area contributed by atoms with Crippen LogP contribution >= 0.6 is 0 Å². The summed E-state index contributed by atoms with van der Waals surface area (Å²) in [5.41, 5.74) is 0. The van der Waals surface area contributed by atoms with Gasteiger partial charge in [0.15, 0.2) is 0 Å². The first kappa shape index (κ1) is 9.57. The summed E-state index contributed by atoms with van der Waals surface area (Å²) in [4.78, 5) is 21.5. The van der Waals surface area contributed by atoms with E-state index in [9.17, 15) is 9.59 Å². The summed E-state index contributed by atoms with van der Waals surface area (Å²) >= 11 is 0. The number of hydrogen-bond acceptors (Lipinski definition) is 5. The quantitative estimate of drug-likeness (QED) is 0.366. The highest BCUT2D eigenvalue weighted by Gasteiger charge is 2.32. The van der Waals surface area contributed by atoms with Crippen LogP contribution in [0.15, 0.2) is 12.7 Å². The second-order valence-electron chi connectivity index (χ2n) is 2.41. The van der Waals surface area contributed by atoms with Crippen LogP contribution in [0.1, 0.15) is 6.42 Å². The van der Waals surface area contributed by atoms with Crippen LogP contribution in [-0.2, 0) is 19.0 Å². The molecule has 0 aromatic rings. The Hall–Kier alpha value is -1.52. The lowest BCUT2D eigenvalue weighted by atomic mass is 10.4. The van der Waals surface area contributed by atoms with E-state index >= 15 is 0 Å². The first-order chi connectivity index (χ1) is 6.24. The Bertz CT molecular complexity index is 223. The first-order valence-electron chi connectivity index (χ1n) is 3.85. The molecule has 13 heavy (non-hydrogen) atoms. The predicted molar refractivity (Wildman–Crippen MR) is 42.0 cm³/mol. The van der Waals surface area contributed by atoms with Crippen molar-refractivity contribution >= 4 is 12.1 Å². The first-order valence-corrected chi connectivity index (χ1v) is 3.85. The zero-order valence-electron chi connectivity index (χ0n) is 7.02. The molecule has 0 aliphatic carbocycles. The number of rotatable bonds is 4. The van der Waals surface area contributed by atoms with Gasteiger partial charge in [0.25, 0.3) is 0 Å². The molecule has 0 saturated carbocycles. The molecule has 1 unspecified atom stereocenters. The van der Waals surface area contributed by atoms with Gasteiger partial charge >= 0.3 is 12.1 Å². The fourth-order valence-corrected chi connectivity index (χ4v) is 0.780. The Labute approximate surface area is 75.3 Å². The lowest BCUT2D eigenvalue weighted by Crippen LogP contribution is -2.25. The molecule has 0 N–H and O–H groups in total. The van der Waals surface area contributed by atoms with Crippen molar-refractivity contribution in [1.29, 1.82) is 0 Å². The Morgan fingerprint density at radius 3 is 3.08 bits per heavy atom. The third-order valence-corrected chi connectivity index (χ3v) is 1.42. The molecule has 72 valence electrons. The van der Waals surface area contributed by atoms with Gasteiger partial charge < -0.3 is 14.2 Å². The molecule has 0 aromatic heterocycles. The molecular formula is C8H10O5. The van der Waals surface area contributed by atoms with Gasteiger partial charge in [-0.1, -0.05) is 6.08 Å². The standard InChI is InChI=1S/C8H10O5/c1-2-3-4-11-7(9)6-5-12-8(10)13-6/h2,6H,1,3-5H2. The van der Waals surface area contributed by atoms with Crippen LogP contribution in [0.5, 0.6) is 0 Å². The van der Waals surface area contributed by atoms with Crippen molar-refractivity contribution in [2.45, 2.75) is 12.5 Å². The van der Waals surface area contributed by atoms with E-state index in [4.69, 9.17) is 4.74 Å². The summed E-state index contributed by atoms with van der Waals surface area (Å²) in [6, 6.07) is 0. The highest BCUT2D eigenvalue weighted by molar-refractivity contribution is 5.79. The van der Waals surface area contributed by atoms with Gasteiger partial charge in [-0.2, -0.15) is 0 Å². The van der Waals surface area contributed by atoms with Crippen molar-refractivity contribution in [2.75, 3.05) is 13.2 Å². The molecular weight excluding hydrogens is 176 g/mol. The molecule has 1 aliphatic rings. The molecule has 1 rings (SSSR count). The van der Waals surface area contributed by atoms with Crippen LogP contribution in [0.3, 0.4) is 0 Å². The Kier molecular flexibility index (Phi) is 3.31. The van der Waals surface area contributed by atoms with Crippen LogP contribution in [0, 0.1) is 0 Å². The largest absolute Gasteiger partial charge is 0.509 e. The topological polar surface area (TPSA) is 61.8 Å². The van der Waals surface area contributed by atoms with Gasteiger partial charge in [0.1, 0.15) is 6.61 Å². The molecule has 1 saturated heterocycles. The molecule has 1 fully saturated rings. The molecule has 0 bridgehead atoms. The average molecular weight is 186 g/mol. The molecule has 0 radical (unpaired) electrons. The zero-order valence-corrected chi connectivity index (χ0v) is 7.02. The molecule has 5 heteroatoms. The van der Waals surface area contributed by atoms with E-state index in [-0.39, 0.29) is 13.2 Å². The van der Waals surface area contributed by atoms with Gasteiger partial charge in [-0.25, -0.2) is 9.59 Å². The number of esters is 1. The van der Waals surface area contributed by atoms with Crippen molar-refractivity contribution in [3.05, 3.63) is 12.7 Å². The smallest absolute Gasteiger partial charge is 0.463 e. The number of hydrogen-bond donors (Lipinski definition) is 0. The van der Waals surface area contributed by atoms with Crippen molar-refractivity contribution in [2.24, 2.45) is 0 Å². The summed E-state index contributed by atoms with van der Waals surface area (Å²) < 4.78 is 13.7. The van der Waals surface area contributed by atoms with Gasteiger partial charge in [0, 0.05) is 0 Å². The van der Waals surface area contributed by atoms with Crippen molar-refractivity contribution in [3.63, 3.8) is 0 Å². The van der Waals surface area contributed by atoms with Gasteiger partial charge in [-0.15, -0.1) is 6.58 Å². The minimum atomic E-state index is -0.905. The Balaban J connectivity index is 2.23. The summed E-state index contributed by atoms with van der Waals surface area (Å²) in [6.45, 7) is 3.65. The van der Waals surface area contributed by atoms with E-state index < -0.39 is 18.2 Å². The number of carbonyl (C=O) groups is 2. The summed E-state index contributed by atoms with van der Waals surface area (Å²) in [6.07, 6.45) is 0.473. The molecule has 1 heterocycles. The number of cyclic esters (lactones) is 2. The van der Waals surface area contributed by atoms with Gasteiger partial charge in [-0.3, -0.25) is 0 Å². The van der Waals surface area contributed by atoms with Crippen LogP contribution in [0.4, 0.5) is 4.79 Å². The van der Waals surface area contributed by atoms with Crippen LogP contribution < -0.4 is 0 Å². The molecule has 1 aliphatic heterocycles. The van der Waals surface area contributed by atoms with Gasteiger partial charge in [-0.05, 0) is 6.42 Å². The van der Waals surface area contributed by atoms with Crippen molar-refractivity contribution in [1.82, 2.24) is 0 Å². The maximum absolute atomic E-state index is 11.1. The average Bonchev–Trinajstić information content (AvgIpc) is 2.52. The molecule has 5 nitrogen and oxygen atoms in total. The highest BCUT2D eigenvalue weighted by Crippen LogP contribution is 2.07. The molecule has 0 aromatic carbocycles. The Morgan fingerprint density at radius 2 is 2.54 bits per heavy atom. The van der Waals surface area contributed by atoms with E-state index in [1.807, 2.05) is 0 Å². The van der Waals surface area contributed by atoms with Gasteiger partial charge in [0.05, 0.1) is 6.61 Å². The lowest BCUT2D eigenvalue weighted by molar-refractivity contribution is -0.151. The van der Waals surface area contributed by atoms with Crippen molar-refractivity contribution in [3.8, 4) is 0 Å². The maximum atomic E-state index is 11.1. The normalized spacial score (nSPS) is 20.3. The second-order valence-corrected chi connectivity index (χ2v) is 2.41. The van der Waals surface area contributed by atoms with Crippen LogP contribution in [0.25, 0.3) is 0 Å². The third-order valence-electron chi connectivity index (χ3n) is 1.42. The fraction of sp³-hybridized carbons (Fsp3) is 0.500. The highest BCUT2D eigenvalue weighted by atomic mass is 16.8. The molecule has 0 amide bonds. The van der Waals surface area contributed by atoms with E-state index in [1.54, 1.807) is 6.08 Å². The molecule has 0 spiro atoms. The summed E-state index contributed by atoms with van der Waals surface area (Å²) in [5, 5.41) is 0. The van der Waals surface area contributed by atoms with E-state index in [0.717, 1.165) is 0 Å². The second kappa shape index (κ2) is 4.49. The molecule has 1 atom stereocenters. The van der Waals surface area contributed by atoms with Gasteiger partial charge in [0.2, 0.25) is 6.10 Å². The Morgan fingerprint density at radius 1 is 1.77 bits per heavy atom. The van der Waals surface area contributed by atoms with Crippen LogP contribution in [-0.4, -0.2) is 31.4 Å². The zero-order chi connectivity index (χ0) is 9.68. The predicted octanol–water partition coefficient (Wildman–Crippen LogP) is 0.641. The fourth-order valence-electron chi connectivity index (χ4n) is 0.780. The van der Waals surface area contributed by atoms with E-state index in [2.05, 4.69) is 16.1 Å². The maximum Gasteiger partial charge on any atom is 0.509 e.